The highest BCUT2D eigenvalue weighted by Crippen LogP contribution is 2.29. The number of pyridine rings is 1. The third-order valence-corrected chi connectivity index (χ3v) is 2.92. The van der Waals surface area contributed by atoms with Crippen molar-refractivity contribution in [3.8, 4) is 0 Å². The second-order valence-electron chi connectivity index (χ2n) is 3.95. The molecule has 9 heteroatoms. The van der Waals surface area contributed by atoms with Gasteiger partial charge in [0, 0.05) is 6.07 Å². The molecule has 0 spiro atoms. The molecule has 0 aromatic carbocycles. The molecule has 0 radical (unpaired) electrons. The SMILES string of the molecule is CC1C(=O)NC(=O)CN1c1nc(Cl)ccc1[N+](=O)[O-]. The number of imide groups is 1. The molecule has 1 aromatic rings. The molecule has 100 valence electrons. The van der Waals surface area contributed by atoms with Crippen molar-refractivity contribution < 1.29 is 14.5 Å². The van der Waals surface area contributed by atoms with Gasteiger partial charge in [0.05, 0.1) is 11.5 Å². The number of nitrogens with one attached hydrogen (secondary N) is 1. The normalized spacial score (nSPS) is 19.3. The minimum absolute atomic E-state index is 0.0474. The average molecular weight is 285 g/mol. The first-order valence-electron chi connectivity index (χ1n) is 5.31. The molecule has 0 saturated carbocycles. The number of hydrogen-bond acceptors (Lipinski definition) is 6. The Hall–Kier alpha value is -2.22. The molecule has 2 rings (SSSR count). The van der Waals surface area contributed by atoms with Gasteiger partial charge < -0.3 is 4.90 Å². The Morgan fingerprint density at radius 3 is 2.84 bits per heavy atom. The topological polar surface area (TPSA) is 105 Å². The molecule has 1 unspecified atom stereocenters. The molecule has 1 atom stereocenters. The summed E-state index contributed by atoms with van der Waals surface area (Å²) in [7, 11) is 0. The van der Waals surface area contributed by atoms with E-state index in [-0.39, 0.29) is 23.2 Å². The molecule has 19 heavy (non-hydrogen) atoms. The predicted molar refractivity (Wildman–Crippen MR) is 65.9 cm³/mol. The van der Waals surface area contributed by atoms with Crippen LogP contribution >= 0.6 is 11.6 Å². The van der Waals surface area contributed by atoms with Crippen LogP contribution in [0.5, 0.6) is 0 Å². The summed E-state index contributed by atoms with van der Waals surface area (Å²) < 4.78 is 0. The molecule has 2 heterocycles. The van der Waals surface area contributed by atoms with Crippen molar-refractivity contribution in [2.24, 2.45) is 0 Å². The average Bonchev–Trinajstić information content (AvgIpc) is 2.33. The number of nitrogens with zero attached hydrogens (tertiary/aromatic N) is 3. The number of hydrogen-bond donors (Lipinski definition) is 1. The van der Waals surface area contributed by atoms with E-state index in [9.17, 15) is 19.7 Å². The number of anilines is 1. The van der Waals surface area contributed by atoms with E-state index < -0.39 is 22.8 Å². The van der Waals surface area contributed by atoms with Crippen molar-refractivity contribution in [1.29, 1.82) is 0 Å². The lowest BCUT2D eigenvalue weighted by atomic mass is 10.2. The predicted octanol–water partition coefficient (Wildman–Crippen LogP) is 0.494. The summed E-state index contributed by atoms with van der Waals surface area (Å²) in [6, 6.07) is 1.72. The molecular formula is C10H9ClN4O4. The van der Waals surface area contributed by atoms with Crippen molar-refractivity contribution in [2.75, 3.05) is 11.4 Å². The summed E-state index contributed by atoms with van der Waals surface area (Å²) in [6.07, 6.45) is 0. The highest BCUT2D eigenvalue weighted by molar-refractivity contribution is 6.29. The summed E-state index contributed by atoms with van der Waals surface area (Å²) in [5, 5.41) is 13.1. The Kier molecular flexibility index (Phi) is 3.34. The zero-order valence-electron chi connectivity index (χ0n) is 9.79. The first-order valence-corrected chi connectivity index (χ1v) is 5.69. The highest BCUT2D eigenvalue weighted by atomic mass is 35.5. The zero-order valence-corrected chi connectivity index (χ0v) is 10.5. The van der Waals surface area contributed by atoms with Crippen LogP contribution in [0.25, 0.3) is 0 Å². The fourth-order valence-electron chi connectivity index (χ4n) is 1.74. The number of halogens is 1. The fourth-order valence-corrected chi connectivity index (χ4v) is 1.89. The Bertz CT molecular complexity index is 577. The maximum Gasteiger partial charge on any atom is 0.311 e. The highest BCUT2D eigenvalue weighted by Gasteiger charge is 2.35. The molecule has 1 aromatic heterocycles. The van der Waals surface area contributed by atoms with Crippen LogP contribution in [0, 0.1) is 10.1 Å². The third-order valence-electron chi connectivity index (χ3n) is 2.71. The standard InChI is InChI=1S/C10H9ClN4O4/c1-5-10(17)13-8(16)4-14(5)9-6(15(18)19)2-3-7(11)12-9/h2-3,5H,4H2,1H3,(H,13,16,17). The minimum Gasteiger partial charge on any atom is -0.330 e. The van der Waals surface area contributed by atoms with Gasteiger partial charge in [-0.15, -0.1) is 0 Å². The van der Waals surface area contributed by atoms with E-state index in [2.05, 4.69) is 10.3 Å². The lowest BCUT2D eigenvalue weighted by molar-refractivity contribution is -0.384. The van der Waals surface area contributed by atoms with Gasteiger partial charge in [0.25, 0.3) is 0 Å². The minimum atomic E-state index is -0.748. The second kappa shape index (κ2) is 4.81. The van der Waals surface area contributed by atoms with Gasteiger partial charge in [-0.3, -0.25) is 25.0 Å². The lowest BCUT2D eigenvalue weighted by Gasteiger charge is -2.32. The number of amides is 2. The van der Waals surface area contributed by atoms with Crippen molar-refractivity contribution in [1.82, 2.24) is 10.3 Å². The van der Waals surface area contributed by atoms with Crippen LogP contribution in [0.4, 0.5) is 11.5 Å². The maximum atomic E-state index is 11.6. The molecule has 1 aliphatic rings. The van der Waals surface area contributed by atoms with Gasteiger partial charge in [-0.2, -0.15) is 0 Å². The van der Waals surface area contributed by atoms with E-state index in [1.807, 2.05) is 0 Å². The van der Waals surface area contributed by atoms with Crippen LogP contribution in [0.2, 0.25) is 5.15 Å². The first-order chi connectivity index (χ1) is 8.90. The molecule has 0 bridgehead atoms. The summed E-state index contributed by atoms with van der Waals surface area (Å²) in [6.45, 7) is 1.33. The number of piperazine rings is 1. The number of nitro groups is 1. The van der Waals surface area contributed by atoms with E-state index in [0.717, 1.165) is 0 Å². The van der Waals surface area contributed by atoms with Crippen LogP contribution in [-0.2, 0) is 9.59 Å². The molecule has 1 saturated heterocycles. The largest absolute Gasteiger partial charge is 0.330 e. The zero-order chi connectivity index (χ0) is 14.2. The first kappa shape index (κ1) is 13.2. The van der Waals surface area contributed by atoms with Crippen molar-refractivity contribution in [2.45, 2.75) is 13.0 Å². The Labute approximate surface area is 112 Å². The molecule has 1 aliphatic heterocycles. The van der Waals surface area contributed by atoms with E-state index in [0.29, 0.717) is 0 Å². The van der Waals surface area contributed by atoms with Crippen molar-refractivity contribution >= 4 is 34.9 Å². The van der Waals surface area contributed by atoms with E-state index >= 15 is 0 Å². The summed E-state index contributed by atoms with van der Waals surface area (Å²) in [5.74, 6) is -1.17. The van der Waals surface area contributed by atoms with Crippen LogP contribution in [0.3, 0.4) is 0 Å². The van der Waals surface area contributed by atoms with Crippen molar-refractivity contribution in [3.63, 3.8) is 0 Å². The molecule has 0 aliphatic carbocycles. The van der Waals surface area contributed by atoms with Gasteiger partial charge in [0.1, 0.15) is 11.2 Å². The van der Waals surface area contributed by atoms with Gasteiger partial charge in [-0.25, -0.2) is 4.98 Å². The Balaban J connectivity index is 2.50. The van der Waals surface area contributed by atoms with Gasteiger partial charge in [-0.05, 0) is 13.0 Å². The van der Waals surface area contributed by atoms with Crippen LogP contribution in [0.15, 0.2) is 12.1 Å². The van der Waals surface area contributed by atoms with Crippen LogP contribution in [0.1, 0.15) is 6.92 Å². The molecule has 1 N–H and O–H groups in total. The summed E-state index contributed by atoms with van der Waals surface area (Å²) in [4.78, 5) is 38.3. The van der Waals surface area contributed by atoms with Crippen LogP contribution in [-0.4, -0.2) is 34.3 Å². The van der Waals surface area contributed by atoms with Crippen molar-refractivity contribution in [3.05, 3.63) is 27.4 Å². The quantitative estimate of drug-likeness (QED) is 0.367. The van der Waals surface area contributed by atoms with Gasteiger partial charge in [-0.1, -0.05) is 11.6 Å². The molecule has 2 amide bonds. The number of carbonyl (C=O) groups is 2. The molecule has 1 fully saturated rings. The lowest BCUT2D eigenvalue weighted by Crippen LogP contribution is -2.57. The Morgan fingerprint density at radius 1 is 1.53 bits per heavy atom. The number of rotatable bonds is 2. The van der Waals surface area contributed by atoms with E-state index in [4.69, 9.17) is 11.6 Å². The van der Waals surface area contributed by atoms with E-state index in [1.165, 1.54) is 24.0 Å². The summed E-state index contributed by atoms with van der Waals surface area (Å²) in [5.41, 5.74) is -0.307. The van der Waals surface area contributed by atoms with Gasteiger partial charge in [0.15, 0.2) is 0 Å². The summed E-state index contributed by atoms with van der Waals surface area (Å²) >= 11 is 5.72. The number of aromatic nitrogens is 1. The van der Waals surface area contributed by atoms with E-state index in [1.54, 1.807) is 0 Å². The molecule has 8 nitrogen and oxygen atoms in total. The third kappa shape index (κ3) is 2.48. The molecular weight excluding hydrogens is 276 g/mol. The number of carbonyl (C=O) groups excluding carboxylic acids is 2. The van der Waals surface area contributed by atoms with Crippen LogP contribution < -0.4 is 10.2 Å². The van der Waals surface area contributed by atoms with Gasteiger partial charge >= 0.3 is 5.69 Å². The smallest absolute Gasteiger partial charge is 0.311 e. The monoisotopic (exact) mass is 284 g/mol. The fraction of sp³-hybridized carbons (Fsp3) is 0.300. The second-order valence-corrected chi connectivity index (χ2v) is 4.34. The Morgan fingerprint density at radius 2 is 2.21 bits per heavy atom. The van der Waals surface area contributed by atoms with Gasteiger partial charge in [0.2, 0.25) is 17.6 Å². The maximum absolute atomic E-state index is 11.6.